The monoisotopic (exact) mass is 455 g/mol. The van der Waals surface area contributed by atoms with Gasteiger partial charge in [-0.2, -0.15) is 0 Å². The van der Waals surface area contributed by atoms with Crippen molar-refractivity contribution in [3.05, 3.63) is 107 Å². The van der Waals surface area contributed by atoms with E-state index in [0.717, 1.165) is 33.4 Å². The van der Waals surface area contributed by atoms with E-state index in [1.807, 2.05) is 48.5 Å². The molecular formula is C27H22ClN3O2. The molecule has 6 heteroatoms. The normalized spacial score (nSPS) is 11.1. The molecule has 0 aliphatic rings. The Morgan fingerprint density at radius 3 is 2.64 bits per heavy atom. The fraction of sp³-hybridized carbons (Fsp3) is 0.111. The van der Waals surface area contributed by atoms with Crippen LogP contribution in [0.1, 0.15) is 16.2 Å². The van der Waals surface area contributed by atoms with Gasteiger partial charge >= 0.3 is 0 Å². The second-order valence-electron chi connectivity index (χ2n) is 7.69. The molecule has 4 aromatic carbocycles. The maximum Gasteiger partial charge on any atom is 0.251 e. The lowest BCUT2D eigenvalue weighted by Gasteiger charge is -2.13. The minimum Gasteiger partial charge on any atom is -0.491 e. The first-order valence-corrected chi connectivity index (χ1v) is 11.2. The number of amides is 1. The van der Waals surface area contributed by atoms with Gasteiger partial charge in [0.1, 0.15) is 18.2 Å². The van der Waals surface area contributed by atoms with Crippen molar-refractivity contribution in [2.24, 2.45) is 0 Å². The quantitative estimate of drug-likeness (QED) is 0.335. The van der Waals surface area contributed by atoms with Crippen molar-refractivity contribution in [1.29, 1.82) is 0 Å². The number of benzene rings is 4. The van der Waals surface area contributed by atoms with Crippen LogP contribution in [0.15, 0.2) is 91.0 Å². The maximum atomic E-state index is 12.6. The number of aromatic nitrogens is 2. The van der Waals surface area contributed by atoms with Crippen molar-refractivity contribution in [1.82, 2.24) is 14.9 Å². The van der Waals surface area contributed by atoms with E-state index in [4.69, 9.17) is 21.3 Å². The van der Waals surface area contributed by atoms with Gasteiger partial charge in [-0.3, -0.25) is 4.79 Å². The van der Waals surface area contributed by atoms with Gasteiger partial charge in [0, 0.05) is 16.0 Å². The lowest BCUT2D eigenvalue weighted by molar-refractivity contribution is 0.0949. The Hall–Kier alpha value is -3.83. The van der Waals surface area contributed by atoms with Crippen LogP contribution < -0.4 is 10.1 Å². The van der Waals surface area contributed by atoms with E-state index in [1.54, 1.807) is 24.3 Å². The molecule has 33 heavy (non-hydrogen) atoms. The first-order valence-electron chi connectivity index (χ1n) is 10.8. The van der Waals surface area contributed by atoms with Gasteiger partial charge in [-0.15, -0.1) is 0 Å². The second kappa shape index (κ2) is 9.35. The minimum absolute atomic E-state index is 0.192. The summed E-state index contributed by atoms with van der Waals surface area (Å²) in [5.41, 5.74) is 2.41. The van der Waals surface area contributed by atoms with Crippen LogP contribution in [0.4, 0.5) is 0 Å². The molecule has 0 atom stereocenters. The topological polar surface area (TPSA) is 56.2 Å². The molecule has 0 radical (unpaired) electrons. The Kier molecular flexibility index (Phi) is 5.96. The van der Waals surface area contributed by atoms with Crippen LogP contribution in [0, 0.1) is 0 Å². The summed E-state index contributed by atoms with van der Waals surface area (Å²) in [6, 6.07) is 29.1. The van der Waals surface area contributed by atoms with E-state index < -0.39 is 0 Å². The van der Waals surface area contributed by atoms with Crippen molar-refractivity contribution < 1.29 is 9.53 Å². The third-order valence-corrected chi connectivity index (χ3v) is 5.78. The van der Waals surface area contributed by atoms with Crippen LogP contribution in [0.5, 0.6) is 5.75 Å². The van der Waals surface area contributed by atoms with Crippen molar-refractivity contribution in [2.75, 3.05) is 6.61 Å². The van der Waals surface area contributed by atoms with E-state index in [9.17, 15) is 4.79 Å². The largest absolute Gasteiger partial charge is 0.491 e. The molecule has 0 spiro atoms. The molecule has 0 aliphatic heterocycles. The van der Waals surface area contributed by atoms with E-state index in [0.29, 0.717) is 30.3 Å². The number of rotatable bonds is 7. The molecule has 0 fully saturated rings. The Morgan fingerprint density at radius 2 is 1.73 bits per heavy atom. The third-order valence-electron chi connectivity index (χ3n) is 5.55. The number of nitrogens with zero attached hydrogens (tertiary/aromatic N) is 2. The predicted molar refractivity (Wildman–Crippen MR) is 132 cm³/mol. The molecule has 0 aliphatic carbocycles. The van der Waals surface area contributed by atoms with Gasteiger partial charge in [-0.05, 0) is 41.8 Å². The maximum absolute atomic E-state index is 12.6. The van der Waals surface area contributed by atoms with Gasteiger partial charge in [0.25, 0.3) is 5.91 Å². The highest BCUT2D eigenvalue weighted by Gasteiger charge is 2.13. The number of fused-ring (bicyclic) bond motifs is 2. The number of nitrogens with one attached hydrogen (secondary N) is 1. The third kappa shape index (κ3) is 4.54. The molecule has 1 amide bonds. The van der Waals surface area contributed by atoms with Crippen LogP contribution in [0.2, 0.25) is 5.02 Å². The Morgan fingerprint density at radius 1 is 0.939 bits per heavy atom. The van der Waals surface area contributed by atoms with Crippen molar-refractivity contribution in [3.63, 3.8) is 0 Å². The zero-order valence-electron chi connectivity index (χ0n) is 17.9. The number of hydrogen-bond donors (Lipinski definition) is 1. The zero-order chi connectivity index (χ0) is 22.6. The Bertz CT molecular complexity index is 1440. The van der Waals surface area contributed by atoms with Crippen molar-refractivity contribution in [3.8, 4) is 5.75 Å². The molecule has 0 saturated carbocycles. The number of imidazole rings is 1. The number of carbonyl (C=O) groups is 1. The zero-order valence-corrected chi connectivity index (χ0v) is 18.6. The molecule has 0 saturated heterocycles. The Balaban J connectivity index is 1.34. The number of ether oxygens (including phenoxy) is 1. The van der Waals surface area contributed by atoms with Crippen LogP contribution >= 0.6 is 11.6 Å². The predicted octanol–water partition coefficient (Wildman–Crippen LogP) is 5.85. The molecule has 5 aromatic rings. The summed E-state index contributed by atoms with van der Waals surface area (Å²) in [5, 5.41) is 5.72. The van der Waals surface area contributed by atoms with E-state index in [-0.39, 0.29) is 5.91 Å². The van der Waals surface area contributed by atoms with Gasteiger partial charge in [-0.25, -0.2) is 4.98 Å². The average molecular weight is 456 g/mol. The second-order valence-corrected chi connectivity index (χ2v) is 8.12. The molecule has 5 rings (SSSR count). The summed E-state index contributed by atoms with van der Waals surface area (Å²) < 4.78 is 8.25. The van der Waals surface area contributed by atoms with Crippen molar-refractivity contribution in [2.45, 2.75) is 13.1 Å². The van der Waals surface area contributed by atoms with Crippen LogP contribution in [0.25, 0.3) is 21.8 Å². The minimum atomic E-state index is -0.192. The fourth-order valence-corrected chi connectivity index (χ4v) is 4.16. The first kappa shape index (κ1) is 21.0. The van der Waals surface area contributed by atoms with Gasteiger partial charge in [0.15, 0.2) is 0 Å². The highest BCUT2D eigenvalue weighted by molar-refractivity contribution is 6.30. The van der Waals surface area contributed by atoms with E-state index in [1.165, 1.54) is 0 Å². The molecule has 164 valence electrons. The lowest BCUT2D eigenvalue weighted by atomic mass is 10.1. The molecule has 1 aromatic heterocycles. The summed E-state index contributed by atoms with van der Waals surface area (Å²) in [5.74, 6) is 1.43. The number of halogens is 1. The van der Waals surface area contributed by atoms with Gasteiger partial charge in [0.2, 0.25) is 0 Å². The van der Waals surface area contributed by atoms with Crippen LogP contribution in [-0.2, 0) is 13.1 Å². The van der Waals surface area contributed by atoms with E-state index >= 15 is 0 Å². The van der Waals surface area contributed by atoms with Crippen LogP contribution in [0.3, 0.4) is 0 Å². The highest BCUT2D eigenvalue weighted by atomic mass is 35.5. The molecule has 1 heterocycles. The number of hydrogen-bond acceptors (Lipinski definition) is 3. The summed E-state index contributed by atoms with van der Waals surface area (Å²) >= 11 is 6.02. The molecule has 0 bridgehead atoms. The number of carbonyl (C=O) groups excluding carboxylic acids is 1. The standard InChI is InChI=1S/C27H22ClN3O2/c28-21-10-5-9-20(17-21)27(32)29-18-26-30-23-12-3-4-13-24(23)31(26)15-16-33-25-14-6-8-19-7-1-2-11-22(19)25/h1-14,17H,15-16,18H2,(H,29,32). The molecule has 5 nitrogen and oxygen atoms in total. The highest BCUT2D eigenvalue weighted by Crippen LogP contribution is 2.25. The summed E-state index contributed by atoms with van der Waals surface area (Å²) in [6.45, 7) is 1.38. The molecular weight excluding hydrogens is 434 g/mol. The Labute approximate surface area is 196 Å². The summed E-state index contributed by atoms with van der Waals surface area (Å²) in [4.78, 5) is 17.3. The first-order chi connectivity index (χ1) is 16.2. The summed E-state index contributed by atoms with van der Waals surface area (Å²) in [7, 11) is 0. The fourth-order valence-electron chi connectivity index (χ4n) is 3.97. The SMILES string of the molecule is O=C(NCc1nc2ccccc2n1CCOc1cccc2ccccc12)c1cccc(Cl)c1. The van der Waals surface area contributed by atoms with Gasteiger partial charge < -0.3 is 14.6 Å². The summed E-state index contributed by atoms with van der Waals surface area (Å²) in [6.07, 6.45) is 0. The van der Waals surface area contributed by atoms with Gasteiger partial charge in [0.05, 0.1) is 24.1 Å². The van der Waals surface area contributed by atoms with Crippen LogP contribution in [-0.4, -0.2) is 22.1 Å². The number of para-hydroxylation sites is 2. The van der Waals surface area contributed by atoms with E-state index in [2.05, 4.69) is 28.1 Å². The lowest BCUT2D eigenvalue weighted by Crippen LogP contribution is -2.25. The van der Waals surface area contributed by atoms with Gasteiger partial charge in [-0.1, -0.05) is 66.2 Å². The molecule has 0 unspecified atom stereocenters. The molecule has 1 N–H and O–H groups in total. The van der Waals surface area contributed by atoms with Crippen molar-refractivity contribution >= 4 is 39.3 Å². The smallest absolute Gasteiger partial charge is 0.251 e. The average Bonchev–Trinajstić information content (AvgIpc) is 3.20.